The highest BCUT2D eigenvalue weighted by Gasteiger charge is 2.21. The molecule has 1 amide bonds. The van der Waals surface area contributed by atoms with E-state index in [9.17, 15) is 26.8 Å². The van der Waals surface area contributed by atoms with Crippen LogP contribution < -0.4 is 19.8 Å². The van der Waals surface area contributed by atoms with Crippen LogP contribution in [0.25, 0.3) is 11.0 Å². The molecule has 0 spiro atoms. The number of halogens is 3. The van der Waals surface area contributed by atoms with E-state index in [-0.39, 0.29) is 39.5 Å². The number of hydrogen-bond donors (Lipinski definition) is 2. The second-order valence-corrected chi connectivity index (χ2v) is 9.47. The van der Waals surface area contributed by atoms with Gasteiger partial charge in [-0.25, -0.2) is 23.1 Å². The number of rotatable bonds is 7. The number of hydrogen-bond acceptors (Lipinski definition) is 6. The van der Waals surface area contributed by atoms with Crippen molar-refractivity contribution in [1.82, 2.24) is 9.62 Å². The topological polar surface area (TPSA) is 118 Å². The Balaban J connectivity index is 2.08. The standard InChI is InChI=1S/C21H20BrF2N3O6S/c1-25-34(30,31)26-16-6-4-5-11(19(16)24)7-13-14(10-22)12-8-15(23)18(33-21(29)27(2)3)9-17(12)32-20(13)28/h4-6,8-9,25-26H,7,10H2,1-3H3. The normalized spacial score (nSPS) is 11.5. The van der Waals surface area contributed by atoms with E-state index < -0.39 is 39.3 Å². The number of amides is 1. The number of benzene rings is 2. The third-order valence-corrected chi connectivity index (χ3v) is 6.41. The molecule has 0 aliphatic heterocycles. The first-order chi connectivity index (χ1) is 16.0. The van der Waals surface area contributed by atoms with Gasteiger partial charge < -0.3 is 14.1 Å². The molecule has 34 heavy (non-hydrogen) atoms. The first-order valence-corrected chi connectivity index (χ1v) is 12.3. The van der Waals surface area contributed by atoms with Crippen molar-refractivity contribution < 1.29 is 31.1 Å². The highest BCUT2D eigenvalue weighted by molar-refractivity contribution is 9.08. The number of carbonyl (C=O) groups is 1. The summed E-state index contributed by atoms with van der Waals surface area (Å²) < 4.78 is 67.5. The van der Waals surface area contributed by atoms with Gasteiger partial charge in [0.25, 0.3) is 10.2 Å². The smallest absolute Gasteiger partial charge is 0.414 e. The predicted octanol–water partition coefficient (Wildman–Crippen LogP) is 3.49. The molecule has 2 aromatic carbocycles. The summed E-state index contributed by atoms with van der Waals surface area (Å²) in [5, 5.41) is 0.329. The van der Waals surface area contributed by atoms with Crippen LogP contribution in [0.4, 0.5) is 19.3 Å². The van der Waals surface area contributed by atoms with Crippen molar-refractivity contribution in [2.45, 2.75) is 11.8 Å². The van der Waals surface area contributed by atoms with Gasteiger partial charge in [-0.2, -0.15) is 8.42 Å². The zero-order chi connectivity index (χ0) is 25.2. The van der Waals surface area contributed by atoms with Crippen molar-refractivity contribution in [3.63, 3.8) is 0 Å². The first kappa shape index (κ1) is 25.6. The Kier molecular flexibility index (Phi) is 7.58. The van der Waals surface area contributed by atoms with Crippen LogP contribution in [0, 0.1) is 11.6 Å². The van der Waals surface area contributed by atoms with Crippen LogP contribution >= 0.6 is 15.9 Å². The molecular weight excluding hydrogens is 540 g/mol. The van der Waals surface area contributed by atoms with E-state index in [4.69, 9.17) is 9.15 Å². The molecule has 0 saturated heterocycles. The average Bonchev–Trinajstić information content (AvgIpc) is 2.77. The average molecular weight is 560 g/mol. The molecule has 1 aromatic heterocycles. The summed E-state index contributed by atoms with van der Waals surface area (Å²) in [7, 11) is 0.0497. The van der Waals surface area contributed by atoms with Gasteiger partial charge in [-0.05, 0) is 23.3 Å². The van der Waals surface area contributed by atoms with Crippen molar-refractivity contribution in [3.8, 4) is 5.75 Å². The Morgan fingerprint density at radius 1 is 1.21 bits per heavy atom. The van der Waals surface area contributed by atoms with Gasteiger partial charge in [0.15, 0.2) is 17.4 Å². The molecule has 0 unspecified atom stereocenters. The summed E-state index contributed by atoms with van der Waals surface area (Å²) >= 11 is 3.27. The molecule has 0 fully saturated rings. The van der Waals surface area contributed by atoms with E-state index in [0.29, 0.717) is 5.56 Å². The Bertz CT molecular complexity index is 1430. The zero-order valence-electron chi connectivity index (χ0n) is 18.2. The number of nitrogens with one attached hydrogen (secondary N) is 2. The van der Waals surface area contributed by atoms with E-state index >= 15 is 0 Å². The highest BCUT2D eigenvalue weighted by Crippen LogP contribution is 2.31. The third-order valence-electron chi connectivity index (χ3n) is 4.83. The lowest BCUT2D eigenvalue weighted by Gasteiger charge is -2.14. The maximum absolute atomic E-state index is 15.0. The van der Waals surface area contributed by atoms with E-state index in [0.717, 1.165) is 17.0 Å². The Morgan fingerprint density at radius 2 is 1.91 bits per heavy atom. The summed E-state index contributed by atoms with van der Waals surface area (Å²) in [5.74, 6) is -2.16. The monoisotopic (exact) mass is 559 g/mol. The van der Waals surface area contributed by atoms with Gasteiger partial charge >= 0.3 is 11.7 Å². The summed E-state index contributed by atoms with van der Waals surface area (Å²) in [6.45, 7) is 0. The lowest BCUT2D eigenvalue weighted by Crippen LogP contribution is -2.27. The minimum Gasteiger partial charge on any atom is -0.422 e. The molecule has 0 atom stereocenters. The van der Waals surface area contributed by atoms with Crippen molar-refractivity contribution >= 4 is 48.9 Å². The number of anilines is 1. The molecule has 2 N–H and O–H groups in total. The molecule has 0 bridgehead atoms. The van der Waals surface area contributed by atoms with Gasteiger partial charge in [0.1, 0.15) is 5.58 Å². The fourth-order valence-electron chi connectivity index (χ4n) is 3.08. The van der Waals surface area contributed by atoms with E-state index in [2.05, 4.69) is 20.7 Å². The second-order valence-electron chi connectivity index (χ2n) is 7.29. The van der Waals surface area contributed by atoms with E-state index in [1.807, 2.05) is 4.72 Å². The quantitative estimate of drug-likeness (QED) is 0.338. The van der Waals surface area contributed by atoms with Crippen LogP contribution in [-0.4, -0.2) is 40.6 Å². The van der Waals surface area contributed by atoms with Crippen molar-refractivity contribution in [3.05, 3.63) is 69.1 Å². The van der Waals surface area contributed by atoms with Crippen molar-refractivity contribution in [2.75, 3.05) is 25.9 Å². The number of carbonyl (C=O) groups excluding carboxylic acids is 1. The number of fused-ring (bicyclic) bond motifs is 1. The van der Waals surface area contributed by atoms with Crippen LogP contribution in [0.1, 0.15) is 16.7 Å². The summed E-state index contributed by atoms with van der Waals surface area (Å²) in [6, 6.07) is 6.20. The Labute approximate surface area is 202 Å². The second kappa shape index (κ2) is 10.1. The maximum Gasteiger partial charge on any atom is 0.414 e. The number of nitrogens with zero attached hydrogens (tertiary/aromatic N) is 1. The summed E-state index contributed by atoms with van der Waals surface area (Å²) in [4.78, 5) is 25.6. The van der Waals surface area contributed by atoms with E-state index in [1.165, 1.54) is 39.3 Å². The minimum atomic E-state index is -3.97. The van der Waals surface area contributed by atoms with Gasteiger partial charge in [0.05, 0.1) is 5.69 Å². The van der Waals surface area contributed by atoms with Gasteiger partial charge in [-0.3, -0.25) is 4.72 Å². The lowest BCUT2D eigenvalue weighted by atomic mass is 9.99. The van der Waals surface area contributed by atoms with Crippen LogP contribution in [0.5, 0.6) is 5.75 Å². The molecule has 0 aliphatic carbocycles. The molecular formula is C21H20BrF2N3O6S. The molecule has 0 aliphatic rings. The van der Waals surface area contributed by atoms with Gasteiger partial charge in [0.2, 0.25) is 0 Å². The maximum atomic E-state index is 15.0. The fraction of sp³-hybridized carbons (Fsp3) is 0.238. The third kappa shape index (κ3) is 5.37. The molecule has 1 heterocycles. The fourth-order valence-corrected chi connectivity index (χ4v) is 4.27. The molecule has 0 radical (unpaired) electrons. The minimum absolute atomic E-state index is 0.0159. The van der Waals surface area contributed by atoms with Crippen molar-refractivity contribution in [2.24, 2.45) is 0 Å². The van der Waals surface area contributed by atoms with Crippen LogP contribution in [0.3, 0.4) is 0 Å². The predicted molar refractivity (Wildman–Crippen MR) is 126 cm³/mol. The lowest BCUT2D eigenvalue weighted by molar-refractivity contribution is 0.170. The zero-order valence-corrected chi connectivity index (χ0v) is 20.6. The van der Waals surface area contributed by atoms with Crippen LogP contribution in [0.15, 0.2) is 39.5 Å². The SMILES string of the molecule is CNS(=O)(=O)Nc1cccc(Cc2c(CBr)c3cc(F)c(OC(=O)N(C)C)cc3oc2=O)c1F. The van der Waals surface area contributed by atoms with Crippen molar-refractivity contribution in [1.29, 1.82) is 0 Å². The van der Waals surface area contributed by atoms with Gasteiger partial charge in [0, 0.05) is 49.9 Å². The molecule has 3 rings (SSSR count). The first-order valence-electron chi connectivity index (χ1n) is 9.69. The Morgan fingerprint density at radius 3 is 2.53 bits per heavy atom. The molecule has 0 saturated carbocycles. The van der Waals surface area contributed by atoms with Gasteiger partial charge in [-0.15, -0.1) is 0 Å². The highest BCUT2D eigenvalue weighted by atomic mass is 79.9. The van der Waals surface area contributed by atoms with Gasteiger partial charge in [-0.1, -0.05) is 28.1 Å². The molecule has 3 aromatic rings. The van der Waals surface area contributed by atoms with Crippen LogP contribution in [0.2, 0.25) is 0 Å². The molecule has 182 valence electrons. The number of alkyl halides is 1. The number of ether oxygens (including phenoxy) is 1. The Hall–Kier alpha value is -3.03. The summed E-state index contributed by atoms with van der Waals surface area (Å²) in [5.41, 5.74) is -0.732. The summed E-state index contributed by atoms with van der Waals surface area (Å²) in [6.07, 6.45) is -1.07. The van der Waals surface area contributed by atoms with Crippen LogP contribution in [-0.2, 0) is 22.0 Å². The molecule has 9 nitrogen and oxygen atoms in total. The molecule has 13 heteroatoms. The van der Waals surface area contributed by atoms with E-state index in [1.54, 1.807) is 0 Å². The largest absolute Gasteiger partial charge is 0.422 e.